The third-order valence-electron chi connectivity index (χ3n) is 8.09. The highest BCUT2D eigenvalue weighted by atomic mass is 31.2. The van der Waals surface area contributed by atoms with E-state index in [4.69, 9.17) is 13.8 Å². The molecule has 13 heteroatoms. The lowest BCUT2D eigenvalue weighted by atomic mass is 9.91. The zero-order valence-electron chi connectivity index (χ0n) is 22.9. The maximum atomic E-state index is 12.4. The van der Waals surface area contributed by atoms with Gasteiger partial charge in [0, 0.05) is 6.42 Å². The van der Waals surface area contributed by atoms with Crippen molar-refractivity contribution in [2.24, 2.45) is 0 Å². The topological polar surface area (TPSA) is 172 Å². The predicted octanol–water partition coefficient (Wildman–Crippen LogP) is 3.48. The Bertz CT molecular complexity index is 2110. The SMILES string of the molecule is O=c1[nH]c(=O)c2ncn(C3CC(O)[C@@H](COP(=O)([O-])OCCCCc4ccc5ccc6cccc7ccc4c5c67)O3)c2[nH]1. The molecular formula is C30H28N4O8P-. The Hall–Kier alpha value is -3.90. The van der Waals surface area contributed by atoms with Crippen molar-refractivity contribution in [1.82, 2.24) is 19.5 Å². The lowest BCUT2D eigenvalue weighted by Crippen LogP contribution is -2.27. The summed E-state index contributed by atoms with van der Waals surface area (Å²) in [5, 5.41) is 17.8. The fourth-order valence-electron chi connectivity index (χ4n) is 6.02. The molecule has 3 heterocycles. The van der Waals surface area contributed by atoms with E-state index in [1.807, 2.05) is 0 Å². The normalized spacial score (nSPS) is 20.6. The van der Waals surface area contributed by atoms with Gasteiger partial charge in [-0.15, -0.1) is 0 Å². The molecule has 1 fully saturated rings. The number of nitrogens with one attached hydrogen (secondary N) is 2. The van der Waals surface area contributed by atoms with Crippen LogP contribution in [0.4, 0.5) is 0 Å². The molecule has 3 unspecified atom stereocenters. The molecule has 0 bridgehead atoms. The first-order chi connectivity index (χ1) is 20.8. The number of aliphatic hydroxyl groups excluding tert-OH is 1. The average Bonchev–Trinajstić information content (AvgIpc) is 3.58. The van der Waals surface area contributed by atoms with E-state index in [1.54, 1.807) is 0 Å². The number of phosphoric ester groups is 1. The number of benzene rings is 4. The van der Waals surface area contributed by atoms with Crippen LogP contribution in [-0.4, -0.2) is 50.0 Å². The van der Waals surface area contributed by atoms with E-state index in [9.17, 15) is 24.2 Å². The van der Waals surface area contributed by atoms with Crippen LogP contribution in [0.25, 0.3) is 43.5 Å². The molecule has 0 amide bonds. The molecular weight excluding hydrogens is 575 g/mol. The minimum Gasteiger partial charge on any atom is -0.756 e. The van der Waals surface area contributed by atoms with E-state index >= 15 is 0 Å². The zero-order chi connectivity index (χ0) is 29.7. The van der Waals surface area contributed by atoms with Crippen molar-refractivity contribution in [3.63, 3.8) is 0 Å². The number of aliphatic hydroxyl groups is 1. The Labute approximate surface area is 243 Å². The molecule has 3 N–H and O–H groups in total. The summed E-state index contributed by atoms with van der Waals surface area (Å²) in [4.78, 5) is 44.6. The standard InChI is InChI=1S/C30H29N4O8P/c35-22-14-24(34-16-31-27-28(34)32-30(37)33-29(27)36)42-23(22)15-41-43(38,39)40-13-2-1-4-17-7-8-20-10-9-18-5-3-6-19-11-12-21(17)26(20)25(18)19/h3,5-12,16,22-24,35H,1-2,4,13-15H2,(H,38,39)(H2,32,33,36,37)/p-1/t22?,23-,24?/m1/s1. The molecule has 2 aromatic heterocycles. The Morgan fingerprint density at radius 1 is 1.00 bits per heavy atom. The number of imidazole rings is 1. The fraction of sp³-hybridized carbons (Fsp3) is 0.300. The Kier molecular flexibility index (Phi) is 7.13. The lowest BCUT2D eigenvalue weighted by Gasteiger charge is -2.25. The van der Waals surface area contributed by atoms with Gasteiger partial charge in [0.2, 0.25) is 0 Å². The van der Waals surface area contributed by atoms with Gasteiger partial charge >= 0.3 is 5.69 Å². The van der Waals surface area contributed by atoms with E-state index < -0.39 is 44.1 Å². The number of aromatic amines is 2. The van der Waals surface area contributed by atoms with Gasteiger partial charge in [0.25, 0.3) is 13.4 Å². The van der Waals surface area contributed by atoms with Crippen molar-refractivity contribution in [2.45, 2.75) is 44.1 Å². The number of H-pyrrole nitrogens is 2. The second kappa shape index (κ2) is 11.0. The first kappa shape index (κ1) is 27.9. The van der Waals surface area contributed by atoms with Crippen molar-refractivity contribution in [3.8, 4) is 0 Å². The quantitative estimate of drug-likeness (QED) is 0.120. The molecule has 222 valence electrons. The largest absolute Gasteiger partial charge is 0.756 e. The van der Waals surface area contributed by atoms with Gasteiger partial charge in [-0.2, -0.15) is 0 Å². The van der Waals surface area contributed by atoms with Crippen molar-refractivity contribution in [1.29, 1.82) is 0 Å². The number of fused-ring (bicyclic) bond motifs is 1. The van der Waals surface area contributed by atoms with Gasteiger partial charge in [0.1, 0.15) is 18.0 Å². The average molecular weight is 604 g/mol. The Morgan fingerprint density at radius 3 is 2.56 bits per heavy atom. The number of nitrogens with zero attached hydrogens (tertiary/aromatic N) is 2. The smallest absolute Gasteiger partial charge is 0.327 e. The van der Waals surface area contributed by atoms with E-state index in [1.165, 1.54) is 48.8 Å². The minimum absolute atomic E-state index is 0.00834. The number of aromatic nitrogens is 4. The number of hydrogen-bond acceptors (Lipinski definition) is 9. The molecule has 4 atom stereocenters. The summed E-state index contributed by atoms with van der Waals surface area (Å²) in [6.45, 7) is -0.489. The monoisotopic (exact) mass is 603 g/mol. The van der Waals surface area contributed by atoms with Crippen LogP contribution in [-0.2, 0) is 24.8 Å². The van der Waals surface area contributed by atoms with E-state index in [2.05, 4.69) is 69.5 Å². The fourth-order valence-corrected chi connectivity index (χ4v) is 6.77. The van der Waals surface area contributed by atoms with Crippen LogP contribution in [0.5, 0.6) is 0 Å². The third-order valence-corrected chi connectivity index (χ3v) is 9.05. The van der Waals surface area contributed by atoms with E-state index in [0.717, 1.165) is 12.8 Å². The van der Waals surface area contributed by atoms with Crippen LogP contribution in [0.2, 0.25) is 0 Å². The van der Waals surface area contributed by atoms with Crippen molar-refractivity contribution in [2.75, 3.05) is 13.2 Å². The van der Waals surface area contributed by atoms with Crippen LogP contribution < -0.4 is 16.1 Å². The minimum atomic E-state index is -4.65. The second-order valence-corrected chi connectivity index (χ2v) is 12.2. The first-order valence-electron chi connectivity index (χ1n) is 14.1. The molecule has 0 spiro atoms. The summed E-state index contributed by atoms with van der Waals surface area (Å²) in [6.07, 6.45) is 0.552. The number of aryl methyl sites for hydroxylation is 1. The Balaban J connectivity index is 0.926. The number of phosphoric acid groups is 1. The van der Waals surface area contributed by atoms with Crippen LogP contribution in [0.1, 0.15) is 31.1 Å². The summed E-state index contributed by atoms with van der Waals surface area (Å²) in [5.74, 6) is 0. The molecule has 0 saturated carbocycles. The molecule has 1 aliphatic rings. The van der Waals surface area contributed by atoms with Crippen LogP contribution >= 0.6 is 7.82 Å². The van der Waals surface area contributed by atoms with Gasteiger partial charge in [0.05, 0.1) is 25.6 Å². The maximum absolute atomic E-state index is 12.4. The van der Waals surface area contributed by atoms with Crippen molar-refractivity contribution < 1.29 is 28.3 Å². The van der Waals surface area contributed by atoms with E-state index in [-0.39, 0.29) is 24.2 Å². The van der Waals surface area contributed by atoms with Gasteiger partial charge in [-0.1, -0.05) is 54.6 Å². The predicted molar refractivity (Wildman–Crippen MR) is 158 cm³/mol. The molecule has 0 radical (unpaired) electrons. The summed E-state index contributed by atoms with van der Waals surface area (Å²) in [7, 11) is -4.65. The molecule has 0 aliphatic carbocycles. The summed E-state index contributed by atoms with van der Waals surface area (Å²) in [6, 6.07) is 19.2. The molecule has 12 nitrogen and oxygen atoms in total. The summed E-state index contributed by atoms with van der Waals surface area (Å²) in [5.41, 5.74) is -0.0237. The third kappa shape index (κ3) is 5.27. The van der Waals surface area contributed by atoms with E-state index in [0.29, 0.717) is 6.42 Å². The van der Waals surface area contributed by atoms with Crippen LogP contribution in [0.3, 0.4) is 0 Å². The highest BCUT2D eigenvalue weighted by Crippen LogP contribution is 2.41. The highest BCUT2D eigenvalue weighted by Gasteiger charge is 2.36. The van der Waals surface area contributed by atoms with Gasteiger partial charge in [0.15, 0.2) is 5.52 Å². The maximum Gasteiger partial charge on any atom is 0.327 e. The van der Waals surface area contributed by atoms with Gasteiger partial charge < -0.3 is 23.8 Å². The van der Waals surface area contributed by atoms with Crippen molar-refractivity contribution >= 4 is 51.3 Å². The molecule has 43 heavy (non-hydrogen) atoms. The van der Waals surface area contributed by atoms with Crippen molar-refractivity contribution in [3.05, 3.63) is 87.3 Å². The summed E-state index contributed by atoms with van der Waals surface area (Å²) < 4.78 is 29.7. The van der Waals surface area contributed by atoms with Gasteiger partial charge in [-0.05, 0) is 57.1 Å². The first-order valence-corrected chi connectivity index (χ1v) is 15.5. The summed E-state index contributed by atoms with van der Waals surface area (Å²) >= 11 is 0. The number of unbranched alkanes of at least 4 members (excludes halogenated alkanes) is 1. The number of rotatable bonds is 10. The molecule has 1 saturated heterocycles. The highest BCUT2D eigenvalue weighted by molar-refractivity contribution is 7.45. The molecule has 4 aromatic carbocycles. The number of ether oxygens (including phenoxy) is 1. The molecule has 1 aliphatic heterocycles. The van der Waals surface area contributed by atoms with Gasteiger partial charge in [-0.3, -0.25) is 23.9 Å². The second-order valence-electron chi connectivity index (χ2n) is 10.8. The zero-order valence-corrected chi connectivity index (χ0v) is 23.8. The Morgan fingerprint density at radius 2 is 1.74 bits per heavy atom. The van der Waals surface area contributed by atoms with Crippen LogP contribution in [0, 0.1) is 0 Å². The van der Waals surface area contributed by atoms with Crippen LogP contribution in [0.15, 0.2) is 70.5 Å². The number of hydrogen-bond donors (Lipinski definition) is 3. The molecule has 7 rings (SSSR count). The van der Waals surface area contributed by atoms with Gasteiger partial charge in [-0.25, -0.2) is 9.78 Å². The molecule has 6 aromatic rings. The lowest BCUT2D eigenvalue weighted by molar-refractivity contribution is -0.228.